The first-order chi connectivity index (χ1) is 8.61. The van der Waals surface area contributed by atoms with Crippen LogP contribution < -0.4 is 10.1 Å². The van der Waals surface area contributed by atoms with E-state index < -0.39 is 0 Å². The Hall–Kier alpha value is -1.71. The van der Waals surface area contributed by atoms with Gasteiger partial charge in [0.05, 0.1) is 19.8 Å². The second-order valence-corrected chi connectivity index (χ2v) is 4.78. The Balaban J connectivity index is 2.33. The molecule has 1 aromatic rings. The first-order valence-electron chi connectivity index (χ1n) is 6.23. The van der Waals surface area contributed by atoms with Crippen LogP contribution in [0.1, 0.15) is 43.4 Å². The van der Waals surface area contributed by atoms with E-state index in [0.717, 1.165) is 17.7 Å². The number of hydrogen-bond acceptors (Lipinski definition) is 3. The first-order valence-corrected chi connectivity index (χ1v) is 6.23. The third kappa shape index (κ3) is 2.58. The summed E-state index contributed by atoms with van der Waals surface area (Å²) in [7, 11) is 1.65. The van der Waals surface area contributed by atoms with Gasteiger partial charge in [-0.05, 0) is 23.6 Å². The van der Waals surface area contributed by atoms with E-state index in [2.05, 4.69) is 31.3 Å². The molecule has 0 radical (unpaired) electrons. The third-order valence-corrected chi connectivity index (χ3v) is 3.23. The summed E-state index contributed by atoms with van der Waals surface area (Å²) in [5, 5.41) is 2.83. The van der Waals surface area contributed by atoms with Gasteiger partial charge in [0.25, 0.3) is 0 Å². The van der Waals surface area contributed by atoms with Gasteiger partial charge in [0.15, 0.2) is 0 Å². The number of cyclic esters (lactones) is 1. The molecule has 1 aromatic carbocycles. The molecule has 0 unspecified atom stereocenters. The maximum Gasteiger partial charge on any atom is 0.407 e. The highest BCUT2D eigenvalue weighted by Gasteiger charge is 2.24. The number of ether oxygens (including phenoxy) is 2. The van der Waals surface area contributed by atoms with Crippen LogP contribution in [0.5, 0.6) is 5.75 Å². The van der Waals surface area contributed by atoms with Gasteiger partial charge in [-0.3, -0.25) is 0 Å². The minimum atomic E-state index is -0.358. The molecule has 18 heavy (non-hydrogen) atoms. The SMILES string of the molecule is COc1ccc(C(C)C)cc1[C@H]1CCOC(=O)N1. The molecule has 1 aliphatic rings. The third-order valence-electron chi connectivity index (χ3n) is 3.23. The molecular weight excluding hydrogens is 230 g/mol. The summed E-state index contributed by atoms with van der Waals surface area (Å²) in [5.74, 6) is 1.26. The zero-order valence-corrected chi connectivity index (χ0v) is 11.0. The van der Waals surface area contributed by atoms with Gasteiger partial charge in [0, 0.05) is 12.0 Å². The lowest BCUT2D eigenvalue weighted by atomic mass is 9.95. The van der Waals surface area contributed by atoms with E-state index in [0.29, 0.717) is 12.5 Å². The molecule has 4 nitrogen and oxygen atoms in total. The average Bonchev–Trinajstić information content (AvgIpc) is 2.38. The van der Waals surface area contributed by atoms with Crippen LogP contribution in [0.4, 0.5) is 4.79 Å². The molecule has 0 aromatic heterocycles. The number of alkyl carbamates (subject to hydrolysis) is 1. The fourth-order valence-electron chi connectivity index (χ4n) is 2.14. The molecule has 1 atom stereocenters. The molecule has 1 fully saturated rings. The van der Waals surface area contributed by atoms with Gasteiger partial charge in [-0.15, -0.1) is 0 Å². The lowest BCUT2D eigenvalue weighted by molar-refractivity contribution is 0.115. The van der Waals surface area contributed by atoms with Gasteiger partial charge < -0.3 is 14.8 Å². The van der Waals surface area contributed by atoms with E-state index in [9.17, 15) is 4.79 Å². The van der Waals surface area contributed by atoms with E-state index in [4.69, 9.17) is 9.47 Å². The summed E-state index contributed by atoms with van der Waals surface area (Å²) >= 11 is 0. The average molecular weight is 249 g/mol. The van der Waals surface area contributed by atoms with Gasteiger partial charge >= 0.3 is 6.09 Å². The molecule has 0 bridgehead atoms. The smallest absolute Gasteiger partial charge is 0.407 e. The number of benzene rings is 1. The Morgan fingerprint density at radius 2 is 2.22 bits per heavy atom. The van der Waals surface area contributed by atoms with Crippen molar-refractivity contribution in [1.82, 2.24) is 5.32 Å². The molecule has 1 N–H and O–H groups in total. The number of hydrogen-bond donors (Lipinski definition) is 1. The van der Waals surface area contributed by atoms with Gasteiger partial charge in [0.1, 0.15) is 5.75 Å². The quantitative estimate of drug-likeness (QED) is 0.895. The Labute approximate surface area is 107 Å². The van der Waals surface area contributed by atoms with Gasteiger partial charge in [0.2, 0.25) is 0 Å². The topological polar surface area (TPSA) is 47.6 Å². The summed E-state index contributed by atoms with van der Waals surface area (Å²) in [5.41, 5.74) is 2.27. The summed E-state index contributed by atoms with van der Waals surface area (Å²) in [6.45, 7) is 4.74. The molecule has 2 rings (SSSR count). The standard InChI is InChI=1S/C14H19NO3/c1-9(2)10-4-5-13(17-3)11(8-10)12-6-7-18-14(16)15-12/h4-5,8-9,12H,6-7H2,1-3H3,(H,15,16)/t12-/m1/s1. The number of carbonyl (C=O) groups is 1. The highest BCUT2D eigenvalue weighted by atomic mass is 16.6. The number of methoxy groups -OCH3 is 1. The Bertz CT molecular complexity index is 443. The highest BCUT2D eigenvalue weighted by Crippen LogP contribution is 2.31. The summed E-state index contributed by atoms with van der Waals surface area (Å²) in [6, 6.07) is 6.11. The molecular formula is C14H19NO3. The second kappa shape index (κ2) is 5.29. The van der Waals surface area contributed by atoms with Crippen LogP contribution >= 0.6 is 0 Å². The van der Waals surface area contributed by atoms with Crippen molar-refractivity contribution in [3.05, 3.63) is 29.3 Å². The number of carbonyl (C=O) groups excluding carboxylic acids is 1. The van der Waals surface area contributed by atoms with Crippen molar-refractivity contribution in [2.45, 2.75) is 32.2 Å². The van der Waals surface area contributed by atoms with Crippen LogP contribution in [-0.2, 0) is 4.74 Å². The van der Waals surface area contributed by atoms with Crippen molar-refractivity contribution in [2.75, 3.05) is 13.7 Å². The maximum atomic E-state index is 11.3. The predicted molar refractivity (Wildman–Crippen MR) is 68.9 cm³/mol. The lowest BCUT2D eigenvalue weighted by Gasteiger charge is -2.26. The van der Waals surface area contributed by atoms with Crippen LogP contribution in [0.15, 0.2) is 18.2 Å². The molecule has 0 saturated carbocycles. The molecule has 1 amide bonds. The fourth-order valence-corrected chi connectivity index (χ4v) is 2.14. The Morgan fingerprint density at radius 1 is 1.44 bits per heavy atom. The van der Waals surface area contributed by atoms with Crippen LogP contribution in [-0.4, -0.2) is 19.8 Å². The zero-order chi connectivity index (χ0) is 13.1. The largest absolute Gasteiger partial charge is 0.496 e. The number of amides is 1. The van der Waals surface area contributed by atoms with Gasteiger partial charge in [-0.25, -0.2) is 4.79 Å². The molecule has 1 saturated heterocycles. The summed E-state index contributed by atoms with van der Waals surface area (Å²) in [6.07, 6.45) is 0.409. The monoisotopic (exact) mass is 249 g/mol. The summed E-state index contributed by atoms with van der Waals surface area (Å²) in [4.78, 5) is 11.3. The number of rotatable bonds is 3. The maximum absolute atomic E-state index is 11.3. The van der Waals surface area contributed by atoms with E-state index in [1.807, 2.05) is 6.07 Å². The van der Waals surface area contributed by atoms with E-state index >= 15 is 0 Å². The highest BCUT2D eigenvalue weighted by molar-refractivity contribution is 5.69. The molecule has 0 aliphatic carbocycles. The molecule has 4 heteroatoms. The molecule has 98 valence electrons. The second-order valence-electron chi connectivity index (χ2n) is 4.78. The van der Waals surface area contributed by atoms with Crippen LogP contribution in [0.2, 0.25) is 0 Å². The Morgan fingerprint density at radius 3 is 2.83 bits per heavy atom. The van der Waals surface area contributed by atoms with Gasteiger partial charge in [-0.1, -0.05) is 19.9 Å². The minimum Gasteiger partial charge on any atom is -0.496 e. The van der Waals surface area contributed by atoms with Gasteiger partial charge in [-0.2, -0.15) is 0 Å². The van der Waals surface area contributed by atoms with Crippen molar-refractivity contribution in [3.8, 4) is 5.75 Å². The van der Waals surface area contributed by atoms with Crippen LogP contribution in [0, 0.1) is 0 Å². The molecule has 1 aliphatic heterocycles. The van der Waals surface area contributed by atoms with E-state index in [1.54, 1.807) is 7.11 Å². The van der Waals surface area contributed by atoms with Crippen molar-refractivity contribution >= 4 is 6.09 Å². The van der Waals surface area contributed by atoms with Crippen LogP contribution in [0.3, 0.4) is 0 Å². The van der Waals surface area contributed by atoms with Crippen molar-refractivity contribution < 1.29 is 14.3 Å². The van der Waals surface area contributed by atoms with Crippen LogP contribution in [0.25, 0.3) is 0 Å². The lowest BCUT2D eigenvalue weighted by Crippen LogP contribution is -2.35. The van der Waals surface area contributed by atoms with E-state index in [1.165, 1.54) is 5.56 Å². The van der Waals surface area contributed by atoms with Crippen molar-refractivity contribution in [2.24, 2.45) is 0 Å². The normalized spacial score (nSPS) is 19.3. The first kappa shape index (κ1) is 12.7. The Kier molecular flexibility index (Phi) is 3.75. The molecule has 1 heterocycles. The van der Waals surface area contributed by atoms with E-state index in [-0.39, 0.29) is 12.1 Å². The number of nitrogens with one attached hydrogen (secondary N) is 1. The van der Waals surface area contributed by atoms with Crippen molar-refractivity contribution in [1.29, 1.82) is 0 Å². The summed E-state index contributed by atoms with van der Waals surface area (Å²) < 4.78 is 10.3. The molecule has 0 spiro atoms. The zero-order valence-electron chi connectivity index (χ0n) is 11.0. The van der Waals surface area contributed by atoms with Crippen molar-refractivity contribution in [3.63, 3.8) is 0 Å². The predicted octanol–water partition coefficient (Wildman–Crippen LogP) is 2.99. The minimum absolute atomic E-state index is 0.0279. The fraction of sp³-hybridized carbons (Fsp3) is 0.500.